The molecule has 0 unspecified atom stereocenters. The van der Waals surface area contributed by atoms with Crippen molar-refractivity contribution >= 4 is 44.9 Å². The number of hydrogen-bond acceptors (Lipinski definition) is 6. The minimum Gasteiger partial charge on any atom is -0.465 e. The third kappa shape index (κ3) is 5.12. The van der Waals surface area contributed by atoms with E-state index >= 15 is 0 Å². The second-order valence-electron chi connectivity index (χ2n) is 7.66. The van der Waals surface area contributed by atoms with Crippen LogP contribution in [0, 0.1) is 0 Å². The van der Waals surface area contributed by atoms with E-state index in [4.69, 9.17) is 11.6 Å². The Morgan fingerprint density at radius 1 is 1.06 bits per heavy atom. The number of esters is 1. The van der Waals surface area contributed by atoms with E-state index < -0.39 is 28.5 Å². The molecule has 0 atom stereocenters. The van der Waals surface area contributed by atoms with Crippen LogP contribution in [0.2, 0.25) is 5.02 Å². The van der Waals surface area contributed by atoms with Gasteiger partial charge in [-0.05, 0) is 66.6 Å². The van der Waals surface area contributed by atoms with Crippen LogP contribution in [0.25, 0.3) is 0 Å². The van der Waals surface area contributed by atoms with Crippen LogP contribution >= 0.6 is 11.6 Å². The van der Waals surface area contributed by atoms with Crippen molar-refractivity contribution in [3.05, 3.63) is 82.4 Å². The lowest BCUT2D eigenvalue weighted by Crippen LogP contribution is -2.29. The average molecular weight is 537 g/mol. The molecule has 3 aromatic rings. The van der Waals surface area contributed by atoms with E-state index in [9.17, 15) is 26.8 Å². The molecule has 1 heterocycles. The Morgan fingerprint density at radius 3 is 2.42 bits per heavy atom. The number of rotatable bonds is 7. The van der Waals surface area contributed by atoms with Crippen molar-refractivity contribution in [3.63, 3.8) is 0 Å². The lowest BCUT2D eigenvalue weighted by molar-refractivity contribution is -0.0498. The van der Waals surface area contributed by atoms with Crippen LogP contribution in [0.4, 0.5) is 20.2 Å². The number of ether oxygens (including phenoxy) is 2. The molecule has 0 spiro atoms. The Labute approximate surface area is 210 Å². The van der Waals surface area contributed by atoms with E-state index in [0.717, 1.165) is 17.7 Å². The van der Waals surface area contributed by atoms with Gasteiger partial charge in [-0.25, -0.2) is 13.2 Å². The number of benzene rings is 3. The number of amides is 1. The van der Waals surface area contributed by atoms with Crippen molar-refractivity contribution in [2.45, 2.75) is 17.9 Å². The molecule has 0 aromatic heterocycles. The number of hydrogen-bond donors (Lipinski definition) is 1. The van der Waals surface area contributed by atoms with Crippen molar-refractivity contribution in [2.24, 2.45) is 0 Å². The molecule has 8 nitrogen and oxygen atoms in total. The highest BCUT2D eigenvalue weighted by molar-refractivity contribution is 7.92. The molecule has 0 fully saturated rings. The maximum atomic E-state index is 13.2. The predicted octanol–water partition coefficient (Wildman–Crippen LogP) is 4.73. The molecule has 188 valence electrons. The number of carbonyl (C=O) groups excluding carboxylic acids is 2. The zero-order valence-electron chi connectivity index (χ0n) is 18.7. The Balaban J connectivity index is 1.56. The normalized spacial score (nSPS) is 12.9. The van der Waals surface area contributed by atoms with Gasteiger partial charge < -0.3 is 14.8 Å². The number of methoxy groups -OCH3 is 1. The third-order valence-electron chi connectivity index (χ3n) is 5.47. The lowest BCUT2D eigenvalue weighted by Gasteiger charge is -2.20. The fraction of sp³-hybridized carbons (Fsp3) is 0.167. The van der Waals surface area contributed by atoms with Crippen LogP contribution in [-0.4, -0.2) is 40.6 Å². The van der Waals surface area contributed by atoms with Gasteiger partial charge in [0.25, 0.3) is 15.9 Å². The Morgan fingerprint density at radius 2 is 1.78 bits per heavy atom. The van der Waals surface area contributed by atoms with E-state index in [1.165, 1.54) is 47.8 Å². The lowest BCUT2D eigenvalue weighted by atomic mass is 10.1. The highest BCUT2D eigenvalue weighted by Crippen LogP contribution is 2.34. The molecule has 12 heteroatoms. The van der Waals surface area contributed by atoms with Crippen LogP contribution in [0.15, 0.2) is 65.6 Å². The van der Waals surface area contributed by atoms with Crippen LogP contribution in [0.1, 0.15) is 26.3 Å². The van der Waals surface area contributed by atoms with Crippen molar-refractivity contribution < 1.29 is 36.3 Å². The Kier molecular flexibility index (Phi) is 7.14. The molecule has 0 saturated carbocycles. The van der Waals surface area contributed by atoms with Gasteiger partial charge in [0.15, 0.2) is 0 Å². The van der Waals surface area contributed by atoms with E-state index in [1.807, 2.05) is 0 Å². The highest BCUT2D eigenvalue weighted by Gasteiger charge is 2.31. The van der Waals surface area contributed by atoms with Gasteiger partial charge in [-0.3, -0.25) is 9.10 Å². The van der Waals surface area contributed by atoms with Gasteiger partial charge in [-0.1, -0.05) is 17.7 Å². The number of sulfonamides is 1. The molecule has 4 rings (SSSR count). The van der Waals surface area contributed by atoms with Gasteiger partial charge in [0.1, 0.15) is 5.75 Å². The number of halogens is 3. The molecule has 0 bridgehead atoms. The largest absolute Gasteiger partial charge is 0.465 e. The quantitative estimate of drug-likeness (QED) is 0.438. The summed E-state index contributed by atoms with van der Waals surface area (Å²) in [4.78, 5) is 24.4. The van der Waals surface area contributed by atoms with Crippen molar-refractivity contribution in [1.82, 2.24) is 0 Å². The standard InChI is InChI=1S/C24H19ClF2N2O6S/c1-34-23(31)19-9-4-16(13-20(19)25)28-22(30)15-3-2-14-10-11-29(21(14)12-15)36(32,33)18-7-5-17(6-8-18)35-24(26)27/h2-9,12-13,24H,10-11H2,1H3,(H,28,30). The molecule has 1 aliphatic rings. The third-order valence-corrected chi connectivity index (χ3v) is 7.61. The summed E-state index contributed by atoms with van der Waals surface area (Å²) in [6, 6.07) is 13.7. The van der Waals surface area contributed by atoms with Crippen LogP contribution in [-0.2, 0) is 21.2 Å². The van der Waals surface area contributed by atoms with Crippen LogP contribution in [0.3, 0.4) is 0 Å². The van der Waals surface area contributed by atoms with E-state index in [-0.39, 0.29) is 33.3 Å². The van der Waals surface area contributed by atoms with Crippen molar-refractivity contribution in [3.8, 4) is 5.75 Å². The fourth-order valence-corrected chi connectivity index (χ4v) is 5.49. The molecule has 36 heavy (non-hydrogen) atoms. The molecule has 0 radical (unpaired) electrons. The zero-order chi connectivity index (χ0) is 26.0. The van der Waals surface area contributed by atoms with Crippen LogP contribution < -0.4 is 14.4 Å². The van der Waals surface area contributed by atoms with E-state index in [0.29, 0.717) is 17.8 Å². The number of nitrogens with one attached hydrogen (secondary N) is 1. The molecule has 1 amide bonds. The fourth-order valence-electron chi connectivity index (χ4n) is 3.73. The first-order valence-electron chi connectivity index (χ1n) is 10.5. The summed E-state index contributed by atoms with van der Waals surface area (Å²) < 4.78 is 61.3. The van der Waals surface area contributed by atoms with Gasteiger partial charge in [-0.15, -0.1) is 0 Å². The number of carbonyl (C=O) groups is 2. The van der Waals surface area contributed by atoms with E-state index in [2.05, 4.69) is 14.8 Å². The van der Waals surface area contributed by atoms with Gasteiger partial charge in [0.2, 0.25) is 0 Å². The summed E-state index contributed by atoms with van der Waals surface area (Å²) in [5.41, 5.74) is 1.75. The summed E-state index contributed by atoms with van der Waals surface area (Å²) in [7, 11) is -2.80. The molecular weight excluding hydrogens is 518 g/mol. The SMILES string of the molecule is COC(=O)c1ccc(NC(=O)c2ccc3c(c2)N(S(=O)(=O)c2ccc(OC(F)F)cc2)CC3)cc1Cl. The second-order valence-corrected chi connectivity index (χ2v) is 9.93. The number of alkyl halides is 2. The first kappa shape index (κ1) is 25.4. The number of nitrogens with zero attached hydrogens (tertiary/aromatic N) is 1. The first-order chi connectivity index (χ1) is 17.1. The van der Waals surface area contributed by atoms with Gasteiger partial charge in [0, 0.05) is 17.8 Å². The Bertz CT molecular complexity index is 1430. The molecule has 1 aliphatic heterocycles. The molecule has 0 saturated heterocycles. The first-order valence-corrected chi connectivity index (χ1v) is 12.3. The minimum absolute atomic E-state index is 0.0934. The molecule has 3 aromatic carbocycles. The summed E-state index contributed by atoms with van der Waals surface area (Å²) in [6.07, 6.45) is 0.438. The van der Waals surface area contributed by atoms with E-state index in [1.54, 1.807) is 12.1 Å². The zero-order valence-corrected chi connectivity index (χ0v) is 20.3. The second kappa shape index (κ2) is 10.1. The van der Waals surface area contributed by atoms with Crippen LogP contribution in [0.5, 0.6) is 5.75 Å². The number of anilines is 2. The average Bonchev–Trinajstić information content (AvgIpc) is 3.28. The van der Waals surface area contributed by atoms with Gasteiger partial charge >= 0.3 is 12.6 Å². The summed E-state index contributed by atoms with van der Waals surface area (Å²) in [6.45, 7) is -2.87. The van der Waals surface area contributed by atoms with Gasteiger partial charge in [-0.2, -0.15) is 8.78 Å². The summed E-state index contributed by atoms with van der Waals surface area (Å²) in [5.74, 6) is -1.30. The highest BCUT2D eigenvalue weighted by atomic mass is 35.5. The summed E-state index contributed by atoms with van der Waals surface area (Å²) >= 11 is 6.10. The topological polar surface area (TPSA) is 102 Å². The minimum atomic E-state index is -4.02. The van der Waals surface area contributed by atoms with Gasteiger partial charge in [0.05, 0.1) is 28.3 Å². The predicted molar refractivity (Wildman–Crippen MR) is 128 cm³/mol. The number of fused-ring (bicyclic) bond motifs is 1. The molecule has 1 N–H and O–H groups in total. The monoisotopic (exact) mass is 536 g/mol. The van der Waals surface area contributed by atoms with Crippen molar-refractivity contribution in [2.75, 3.05) is 23.3 Å². The smallest absolute Gasteiger partial charge is 0.387 e. The maximum Gasteiger partial charge on any atom is 0.387 e. The maximum absolute atomic E-state index is 13.2. The summed E-state index contributed by atoms with van der Waals surface area (Å²) in [5, 5.41) is 2.76. The molecule has 0 aliphatic carbocycles. The van der Waals surface area contributed by atoms with Crippen molar-refractivity contribution in [1.29, 1.82) is 0 Å². The molecular formula is C24H19ClF2N2O6S. The Hall–Kier alpha value is -3.70.